The maximum atomic E-state index is 12.8. The average molecular weight is 486 g/mol. The highest BCUT2D eigenvalue weighted by molar-refractivity contribution is 6.11. The molecule has 0 aromatic heterocycles. The Morgan fingerprint density at radius 3 is 1.75 bits per heavy atom. The van der Waals surface area contributed by atoms with Crippen molar-refractivity contribution in [1.82, 2.24) is 4.90 Å². The van der Waals surface area contributed by atoms with E-state index in [4.69, 9.17) is 14.2 Å². The van der Waals surface area contributed by atoms with Crippen molar-refractivity contribution >= 4 is 35.1 Å². The third kappa shape index (κ3) is 5.35. The predicted molar refractivity (Wildman–Crippen MR) is 143 cm³/mol. The molecular weight excluding hydrogens is 454 g/mol. The molecule has 0 saturated carbocycles. The van der Waals surface area contributed by atoms with Gasteiger partial charge >= 0.3 is 6.02 Å². The van der Waals surface area contributed by atoms with Gasteiger partial charge in [0.15, 0.2) is 5.76 Å². The zero-order chi connectivity index (χ0) is 25.7. The number of hydrogen-bond donors (Lipinski definition) is 0. The van der Waals surface area contributed by atoms with Crippen LogP contribution in [-0.4, -0.2) is 43.6 Å². The van der Waals surface area contributed by atoms with Crippen molar-refractivity contribution in [2.75, 3.05) is 25.7 Å². The van der Waals surface area contributed by atoms with Gasteiger partial charge in [0.05, 0.1) is 14.2 Å². The monoisotopic (exact) mass is 485 g/mol. The second-order valence-electron chi connectivity index (χ2n) is 8.49. The van der Waals surface area contributed by atoms with Crippen molar-refractivity contribution in [1.29, 1.82) is 0 Å². The largest absolute Gasteiger partial charge is 0.497 e. The van der Waals surface area contributed by atoms with E-state index in [0.717, 1.165) is 34.1 Å². The molecule has 1 aliphatic heterocycles. The molecule has 1 heterocycles. The summed E-state index contributed by atoms with van der Waals surface area (Å²) in [5.41, 5.74) is 3.78. The number of anilines is 3. The first-order valence-electron chi connectivity index (χ1n) is 11.9. The van der Waals surface area contributed by atoms with Crippen LogP contribution in [0.5, 0.6) is 11.5 Å². The van der Waals surface area contributed by atoms with Crippen LogP contribution in [0.1, 0.15) is 26.3 Å². The fraction of sp³-hybridized carbons (Fsp3) is 0.241. The highest BCUT2D eigenvalue weighted by Gasteiger charge is 2.33. The van der Waals surface area contributed by atoms with Crippen LogP contribution in [0.25, 0.3) is 6.08 Å². The van der Waals surface area contributed by atoms with Crippen molar-refractivity contribution in [2.24, 2.45) is 4.99 Å². The lowest BCUT2D eigenvalue weighted by Crippen LogP contribution is -2.30. The number of methoxy groups -OCH3 is 2. The Bertz CT molecular complexity index is 1200. The minimum atomic E-state index is -0.181. The van der Waals surface area contributed by atoms with E-state index < -0.39 is 0 Å². The molecule has 0 bridgehead atoms. The lowest BCUT2D eigenvalue weighted by molar-refractivity contribution is -0.122. The van der Waals surface area contributed by atoms with Crippen LogP contribution in [0.4, 0.5) is 17.1 Å². The highest BCUT2D eigenvalue weighted by atomic mass is 16.5. The molecule has 1 saturated heterocycles. The molecule has 0 N–H and O–H groups in total. The SMILES string of the molecule is CCN1C(=O)/C(=C\c2ccc(N(c3ccc(OC)cc3)c3ccc(OC)cc3)cc2)OC1=NC(C)C. The van der Waals surface area contributed by atoms with Gasteiger partial charge in [-0.25, -0.2) is 4.99 Å². The number of amidine groups is 1. The number of nitrogens with zero attached hydrogens (tertiary/aromatic N) is 3. The molecule has 7 nitrogen and oxygen atoms in total. The Hall–Kier alpha value is -4.26. The summed E-state index contributed by atoms with van der Waals surface area (Å²) in [5, 5.41) is 0. The molecule has 0 aliphatic carbocycles. The topological polar surface area (TPSA) is 63.6 Å². The van der Waals surface area contributed by atoms with Gasteiger partial charge in [-0.05, 0) is 93.1 Å². The average Bonchev–Trinajstić information content (AvgIpc) is 3.18. The predicted octanol–water partition coefficient (Wildman–Crippen LogP) is 6.16. The summed E-state index contributed by atoms with van der Waals surface area (Å²) in [6.07, 6.45) is 1.75. The third-order valence-corrected chi connectivity index (χ3v) is 5.68. The van der Waals surface area contributed by atoms with Gasteiger partial charge in [0, 0.05) is 29.6 Å². The summed E-state index contributed by atoms with van der Waals surface area (Å²) in [6, 6.07) is 24.1. The molecule has 1 fully saturated rings. The number of aliphatic imine (C=N–C) groups is 1. The van der Waals surface area contributed by atoms with Gasteiger partial charge in [0.1, 0.15) is 11.5 Å². The van der Waals surface area contributed by atoms with Gasteiger partial charge in [-0.1, -0.05) is 12.1 Å². The molecule has 0 spiro atoms. The number of ether oxygens (including phenoxy) is 3. The van der Waals surface area contributed by atoms with Crippen LogP contribution in [0, 0.1) is 0 Å². The summed E-state index contributed by atoms with van der Waals surface area (Å²) < 4.78 is 16.5. The standard InChI is InChI=1S/C29H31N3O4/c1-6-31-28(33)27(36-29(31)30-20(2)3)19-21-7-9-22(10-8-21)32(23-11-15-25(34-4)16-12-23)24-13-17-26(35-5)18-14-24/h7-20H,6H2,1-5H3/b27-19+,30-29?. The molecule has 186 valence electrons. The summed E-state index contributed by atoms with van der Waals surface area (Å²) >= 11 is 0. The molecule has 0 unspecified atom stereocenters. The number of amides is 1. The first-order chi connectivity index (χ1) is 17.4. The lowest BCUT2D eigenvalue weighted by atomic mass is 10.1. The van der Waals surface area contributed by atoms with Crippen molar-refractivity contribution in [3.63, 3.8) is 0 Å². The molecule has 1 amide bonds. The molecule has 36 heavy (non-hydrogen) atoms. The van der Waals surface area contributed by atoms with E-state index in [-0.39, 0.29) is 17.7 Å². The van der Waals surface area contributed by atoms with Gasteiger partial charge in [-0.2, -0.15) is 0 Å². The van der Waals surface area contributed by atoms with Gasteiger partial charge in [-0.3, -0.25) is 9.69 Å². The van der Waals surface area contributed by atoms with Crippen molar-refractivity contribution in [3.05, 3.63) is 84.1 Å². The Morgan fingerprint density at radius 2 is 1.33 bits per heavy atom. The molecule has 0 atom stereocenters. The van der Waals surface area contributed by atoms with Crippen LogP contribution >= 0.6 is 0 Å². The van der Waals surface area contributed by atoms with Gasteiger partial charge in [-0.15, -0.1) is 0 Å². The van der Waals surface area contributed by atoms with Crippen molar-refractivity contribution < 1.29 is 19.0 Å². The van der Waals surface area contributed by atoms with E-state index in [0.29, 0.717) is 12.6 Å². The van der Waals surface area contributed by atoms with E-state index in [2.05, 4.69) is 9.89 Å². The summed E-state index contributed by atoms with van der Waals surface area (Å²) in [4.78, 5) is 20.9. The number of benzene rings is 3. The second-order valence-corrected chi connectivity index (χ2v) is 8.49. The molecule has 7 heteroatoms. The Kier molecular flexibility index (Phi) is 7.59. The first kappa shape index (κ1) is 24.9. The van der Waals surface area contributed by atoms with E-state index in [1.807, 2.05) is 93.6 Å². The van der Waals surface area contributed by atoms with Gasteiger partial charge < -0.3 is 19.1 Å². The van der Waals surface area contributed by atoms with Crippen LogP contribution in [0.3, 0.4) is 0 Å². The van der Waals surface area contributed by atoms with Crippen LogP contribution in [0.15, 0.2) is 83.5 Å². The van der Waals surface area contributed by atoms with Crippen LogP contribution in [-0.2, 0) is 9.53 Å². The van der Waals surface area contributed by atoms with E-state index in [1.165, 1.54) is 0 Å². The molecule has 0 radical (unpaired) electrons. The minimum absolute atomic E-state index is 0.0300. The minimum Gasteiger partial charge on any atom is -0.497 e. The van der Waals surface area contributed by atoms with E-state index >= 15 is 0 Å². The first-order valence-corrected chi connectivity index (χ1v) is 11.9. The Balaban J connectivity index is 1.66. The Morgan fingerprint density at radius 1 is 0.861 bits per heavy atom. The normalized spacial score (nSPS) is 15.5. The molecule has 4 rings (SSSR count). The maximum Gasteiger partial charge on any atom is 0.300 e. The maximum absolute atomic E-state index is 12.8. The van der Waals surface area contributed by atoms with E-state index in [9.17, 15) is 4.79 Å². The van der Waals surface area contributed by atoms with Crippen LogP contribution in [0.2, 0.25) is 0 Å². The summed E-state index contributed by atoms with van der Waals surface area (Å²) in [6.45, 7) is 6.31. The summed E-state index contributed by atoms with van der Waals surface area (Å²) in [5.74, 6) is 1.67. The number of carbonyl (C=O) groups is 1. The third-order valence-electron chi connectivity index (χ3n) is 5.68. The van der Waals surface area contributed by atoms with Crippen molar-refractivity contribution in [3.8, 4) is 11.5 Å². The van der Waals surface area contributed by atoms with Gasteiger partial charge in [0.25, 0.3) is 5.91 Å². The van der Waals surface area contributed by atoms with Gasteiger partial charge in [0.2, 0.25) is 0 Å². The summed E-state index contributed by atoms with van der Waals surface area (Å²) in [7, 11) is 3.30. The lowest BCUT2D eigenvalue weighted by Gasteiger charge is -2.26. The van der Waals surface area contributed by atoms with Crippen LogP contribution < -0.4 is 14.4 Å². The number of hydrogen-bond acceptors (Lipinski definition) is 6. The number of carbonyl (C=O) groups excluding carboxylic acids is 1. The zero-order valence-electron chi connectivity index (χ0n) is 21.3. The van der Waals surface area contributed by atoms with Crippen molar-refractivity contribution in [2.45, 2.75) is 26.8 Å². The van der Waals surface area contributed by atoms with E-state index in [1.54, 1.807) is 25.2 Å². The zero-order valence-corrected chi connectivity index (χ0v) is 21.3. The fourth-order valence-corrected chi connectivity index (χ4v) is 3.88. The highest BCUT2D eigenvalue weighted by Crippen LogP contribution is 2.36. The second kappa shape index (κ2) is 11.0. The molecule has 1 aliphatic rings. The number of rotatable bonds is 8. The molecular formula is C29H31N3O4. The fourth-order valence-electron chi connectivity index (χ4n) is 3.88. The molecule has 3 aromatic carbocycles. The number of likely N-dealkylation sites (N-methyl/N-ethyl adjacent to an activating group) is 1. The Labute approximate surface area is 212 Å². The smallest absolute Gasteiger partial charge is 0.300 e. The quantitative estimate of drug-likeness (QED) is 0.358. The molecule has 3 aromatic rings.